The molecule has 1 aliphatic heterocycles. The lowest BCUT2D eigenvalue weighted by atomic mass is 9.95. The van der Waals surface area contributed by atoms with Crippen molar-refractivity contribution in [2.75, 3.05) is 13.1 Å². The van der Waals surface area contributed by atoms with Crippen LogP contribution in [0.4, 0.5) is 0 Å². The second-order valence-electron chi connectivity index (χ2n) is 8.11. The summed E-state index contributed by atoms with van der Waals surface area (Å²) in [6.07, 6.45) is 0. The normalized spacial score (nSPS) is 22.2. The predicted molar refractivity (Wildman–Crippen MR) is 99.1 cm³/mol. The molecule has 3 rings (SSSR count). The number of rotatable bonds is 3. The summed E-state index contributed by atoms with van der Waals surface area (Å²) >= 11 is 0. The van der Waals surface area contributed by atoms with E-state index >= 15 is 0 Å². The van der Waals surface area contributed by atoms with Crippen LogP contribution in [0.1, 0.15) is 49.2 Å². The molecule has 24 heavy (non-hydrogen) atoms. The Balaban J connectivity index is 1.78. The van der Waals surface area contributed by atoms with E-state index < -0.39 is 0 Å². The fraction of sp³-hybridized carbons (Fsp3) is 0.550. The molecule has 1 aromatic heterocycles. The van der Waals surface area contributed by atoms with Gasteiger partial charge in [-0.25, -0.2) is 0 Å². The first kappa shape index (κ1) is 17.2. The van der Waals surface area contributed by atoms with Crippen molar-refractivity contribution in [3.63, 3.8) is 0 Å². The lowest BCUT2D eigenvalue weighted by Gasteiger charge is -2.22. The monoisotopic (exact) mass is 326 g/mol. The predicted octanol–water partition coefficient (Wildman–Crippen LogP) is 3.18. The number of hydrogen-bond donors (Lipinski definition) is 1. The number of nitrogens with two attached hydrogens (primary N) is 1. The Labute approximate surface area is 145 Å². The first-order valence-electron chi connectivity index (χ1n) is 8.86. The molecule has 0 saturated carbocycles. The van der Waals surface area contributed by atoms with Crippen molar-refractivity contribution in [3.8, 4) is 0 Å². The van der Waals surface area contributed by atoms with Crippen LogP contribution in [0.25, 0.3) is 0 Å². The van der Waals surface area contributed by atoms with E-state index in [0.717, 1.165) is 25.3 Å². The minimum Gasteiger partial charge on any atom is -0.326 e. The van der Waals surface area contributed by atoms with Crippen LogP contribution in [-0.4, -0.2) is 33.8 Å². The molecule has 4 nitrogen and oxygen atoms in total. The van der Waals surface area contributed by atoms with Gasteiger partial charge in [0.25, 0.3) is 0 Å². The van der Waals surface area contributed by atoms with Crippen LogP contribution in [0.5, 0.6) is 0 Å². The second-order valence-corrected chi connectivity index (χ2v) is 8.11. The Morgan fingerprint density at radius 1 is 1.12 bits per heavy atom. The van der Waals surface area contributed by atoms with Crippen LogP contribution in [0.3, 0.4) is 0 Å². The number of aryl methyl sites for hydroxylation is 1. The fourth-order valence-corrected chi connectivity index (χ4v) is 3.88. The largest absolute Gasteiger partial charge is 0.326 e. The van der Waals surface area contributed by atoms with Crippen molar-refractivity contribution in [2.24, 2.45) is 5.73 Å². The molecule has 1 aromatic carbocycles. The Bertz CT molecular complexity index is 696. The van der Waals surface area contributed by atoms with Crippen LogP contribution in [-0.2, 0) is 12.1 Å². The van der Waals surface area contributed by atoms with Gasteiger partial charge in [0.05, 0.1) is 11.2 Å². The fourth-order valence-electron chi connectivity index (χ4n) is 3.88. The molecule has 2 atom stereocenters. The standard InChI is InChI=1S/C20H30N4/c1-14-17(15(2)24(22-14)20(3,4)5)11-23-12-18(19(21)13-23)16-9-7-6-8-10-16/h6-10,18-19H,11-13,21H2,1-5H3/t18-,19+/m0/s1. The maximum Gasteiger partial charge on any atom is 0.0641 e. The van der Waals surface area contributed by atoms with Gasteiger partial charge in [-0.15, -0.1) is 0 Å². The molecule has 1 saturated heterocycles. The maximum atomic E-state index is 6.44. The average Bonchev–Trinajstić information content (AvgIpc) is 3.02. The molecule has 0 spiro atoms. The zero-order chi connectivity index (χ0) is 17.5. The third-order valence-electron chi connectivity index (χ3n) is 5.13. The van der Waals surface area contributed by atoms with Crippen LogP contribution in [0.2, 0.25) is 0 Å². The Hall–Kier alpha value is -1.65. The smallest absolute Gasteiger partial charge is 0.0641 e. The average molecular weight is 326 g/mol. The highest BCUT2D eigenvalue weighted by Crippen LogP contribution is 2.29. The molecule has 0 unspecified atom stereocenters. The summed E-state index contributed by atoms with van der Waals surface area (Å²) in [6, 6.07) is 10.9. The highest BCUT2D eigenvalue weighted by Gasteiger charge is 2.32. The SMILES string of the molecule is Cc1nn(C(C)(C)C)c(C)c1CN1C[C@@H](N)[C@H](c2ccccc2)C1. The third-order valence-corrected chi connectivity index (χ3v) is 5.13. The molecule has 2 N–H and O–H groups in total. The van der Waals surface area contributed by atoms with Crippen molar-refractivity contribution < 1.29 is 0 Å². The first-order valence-corrected chi connectivity index (χ1v) is 8.86. The summed E-state index contributed by atoms with van der Waals surface area (Å²) in [6.45, 7) is 13.8. The minimum atomic E-state index is 0.0150. The molecular formula is C20H30N4. The highest BCUT2D eigenvalue weighted by molar-refractivity contribution is 5.27. The quantitative estimate of drug-likeness (QED) is 0.942. The van der Waals surface area contributed by atoms with Gasteiger partial charge in [-0.1, -0.05) is 30.3 Å². The van der Waals surface area contributed by atoms with Crippen LogP contribution in [0, 0.1) is 13.8 Å². The van der Waals surface area contributed by atoms with Crippen molar-refractivity contribution in [1.82, 2.24) is 14.7 Å². The van der Waals surface area contributed by atoms with Crippen molar-refractivity contribution in [3.05, 3.63) is 52.8 Å². The number of nitrogens with zero attached hydrogens (tertiary/aromatic N) is 3. The molecule has 130 valence electrons. The van der Waals surface area contributed by atoms with E-state index in [-0.39, 0.29) is 11.6 Å². The molecule has 0 aliphatic carbocycles. The van der Waals surface area contributed by atoms with Crippen LogP contribution in [0.15, 0.2) is 30.3 Å². The van der Waals surface area contributed by atoms with E-state index in [0.29, 0.717) is 5.92 Å². The van der Waals surface area contributed by atoms with Gasteiger partial charge in [-0.2, -0.15) is 5.10 Å². The molecule has 0 bridgehead atoms. The number of benzene rings is 1. The second kappa shape index (κ2) is 6.34. The van der Waals surface area contributed by atoms with Gasteiger partial charge in [-0.3, -0.25) is 9.58 Å². The number of likely N-dealkylation sites (tertiary alicyclic amines) is 1. The topological polar surface area (TPSA) is 47.1 Å². The molecule has 1 fully saturated rings. The van der Waals surface area contributed by atoms with Crippen molar-refractivity contribution in [2.45, 2.75) is 58.7 Å². The Morgan fingerprint density at radius 3 is 2.38 bits per heavy atom. The van der Waals surface area contributed by atoms with E-state index in [1.807, 2.05) is 0 Å². The van der Waals surface area contributed by atoms with Gasteiger partial charge < -0.3 is 5.73 Å². The van der Waals surface area contributed by atoms with Crippen molar-refractivity contribution in [1.29, 1.82) is 0 Å². The zero-order valence-corrected chi connectivity index (χ0v) is 15.6. The Morgan fingerprint density at radius 2 is 1.79 bits per heavy atom. The summed E-state index contributed by atoms with van der Waals surface area (Å²) in [7, 11) is 0. The van der Waals surface area contributed by atoms with E-state index in [9.17, 15) is 0 Å². The summed E-state index contributed by atoms with van der Waals surface area (Å²) in [5, 5.41) is 4.78. The van der Waals surface area contributed by atoms with Gasteiger partial charge in [0, 0.05) is 42.9 Å². The zero-order valence-electron chi connectivity index (χ0n) is 15.6. The lowest BCUT2D eigenvalue weighted by molar-refractivity contribution is 0.319. The number of aromatic nitrogens is 2. The highest BCUT2D eigenvalue weighted by atomic mass is 15.3. The van der Waals surface area contributed by atoms with Gasteiger partial charge in [0.2, 0.25) is 0 Å². The van der Waals surface area contributed by atoms with Crippen molar-refractivity contribution >= 4 is 0 Å². The summed E-state index contributed by atoms with van der Waals surface area (Å²) in [4.78, 5) is 2.48. The van der Waals surface area contributed by atoms with Crippen LogP contribution >= 0.6 is 0 Å². The van der Waals surface area contributed by atoms with E-state index in [1.54, 1.807) is 0 Å². The molecule has 4 heteroatoms. The summed E-state index contributed by atoms with van der Waals surface area (Å²) in [5.74, 6) is 0.421. The lowest BCUT2D eigenvalue weighted by Crippen LogP contribution is -2.29. The molecule has 2 aromatic rings. The first-order chi connectivity index (χ1) is 11.3. The molecular weight excluding hydrogens is 296 g/mol. The van der Waals surface area contributed by atoms with E-state index in [2.05, 4.69) is 74.5 Å². The summed E-state index contributed by atoms with van der Waals surface area (Å²) < 4.78 is 2.16. The molecule has 0 amide bonds. The maximum absolute atomic E-state index is 6.44. The Kier molecular flexibility index (Phi) is 4.54. The third kappa shape index (κ3) is 3.26. The van der Waals surface area contributed by atoms with Crippen LogP contribution < -0.4 is 5.73 Å². The summed E-state index contributed by atoms with van der Waals surface area (Å²) in [5.41, 5.74) is 11.6. The van der Waals surface area contributed by atoms with Gasteiger partial charge in [0.15, 0.2) is 0 Å². The van der Waals surface area contributed by atoms with E-state index in [4.69, 9.17) is 10.8 Å². The van der Waals surface area contributed by atoms with Gasteiger partial charge in [-0.05, 0) is 40.2 Å². The van der Waals surface area contributed by atoms with Gasteiger partial charge >= 0.3 is 0 Å². The molecule has 0 radical (unpaired) electrons. The van der Waals surface area contributed by atoms with Gasteiger partial charge in [0.1, 0.15) is 0 Å². The molecule has 1 aliphatic rings. The van der Waals surface area contributed by atoms with E-state index in [1.165, 1.54) is 16.8 Å². The molecule has 2 heterocycles. The number of hydrogen-bond acceptors (Lipinski definition) is 3. The minimum absolute atomic E-state index is 0.0150.